The summed E-state index contributed by atoms with van der Waals surface area (Å²) in [5, 5.41) is 21.2. The number of carbonyl (C=O) groups is 1. The van der Waals surface area contributed by atoms with Gasteiger partial charge in [0.15, 0.2) is 0 Å². The van der Waals surface area contributed by atoms with E-state index in [0.29, 0.717) is 11.4 Å². The van der Waals surface area contributed by atoms with E-state index in [9.17, 15) is 4.79 Å². The van der Waals surface area contributed by atoms with Gasteiger partial charge in [0.2, 0.25) is 0 Å². The Labute approximate surface area is 114 Å². The average Bonchev–Trinajstić information content (AvgIpc) is 3.06. The molecule has 0 amide bonds. The second-order valence-corrected chi connectivity index (χ2v) is 4.23. The van der Waals surface area contributed by atoms with Crippen LogP contribution < -0.4 is 0 Å². The van der Waals surface area contributed by atoms with Gasteiger partial charge in [-0.2, -0.15) is 5.10 Å². The Morgan fingerprint density at radius 1 is 1.20 bits per heavy atom. The van der Waals surface area contributed by atoms with Crippen LogP contribution in [0.2, 0.25) is 0 Å². The molecule has 1 N–H and O–H groups in total. The van der Waals surface area contributed by atoms with Crippen molar-refractivity contribution in [1.29, 1.82) is 0 Å². The van der Waals surface area contributed by atoms with Gasteiger partial charge in [-0.15, -0.1) is 5.10 Å². The van der Waals surface area contributed by atoms with Gasteiger partial charge in [-0.25, -0.2) is 9.48 Å². The van der Waals surface area contributed by atoms with E-state index in [1.807, 2.05) is 30.3 Å². The van der Waals surface area contributed by atoms with Crippen LogP contribution >= 0.6 is 0 Å². The lowest BCUT2D eigenvalue weighted by Gasteiger charge is -1.96. The van der Waals surface area contributed by atoms with Crippen LogP contribution in [0.1, 0.15) is 10.5 Å². The monoisotopic (exact) mass is 269 g/mol. The summed E-state index contributed by atoms with van der Waals surface area (Å²) in [5.74, 6) is -1.03. The largest absolute Gasteiger partial charge is 0.477 e. The number of benzene rings is 1. The SMILES string of the molecule is Cn1nc(-c2cn(-c3ccccc3)nn2)cc1C(=O)O. The fourth-order valence-corrected chi connectivity index (χ4v) is 1.88. The van der Waals surface area contributed by atoms with Gasteiger partial charge in [-0.05, 0) is 12.1 Å². The van der Waals surface area contributed by atoms with Crippen LogP contribution in [0.4, 0.5) is 0 Å². The van der Waals surface area contributed by atoms with Crippen LogP contribution in [0.15, 0.2) is 42.6 Å². The summed E-state index contributed by atoms with van der Waals surface area (Å²) in [5.41, 5.74) is 1.99. The van der Waals surface area contributed by atoms with Crippen molar-refractivity contribution in [2.45, 2.75) is 0 Å². The van der Waals surface area contributed by atoms with Gasteiger partial charge in [0, 0.05) is 13.1 Å². The lowest BCUT2D eigenvalue weighted by atomic mass is 10.3. The van der Waals surface area contributed by atoms with Crippen molar-refractivity contribution >= 4 is 5.97 Å². The van der Waals surface area contributed by atoms with E-state index in [2.05, 4.69) is 15.4 Å². The first-order chi connectivity index (χ1) is 9.65. The average molecular weight is 269 g/mol. The molecule has 0 unspecified atom stereocenters. The number of aromatic nitrogens is 5. The topological polar surface area (TPSA) is 85.8 Å². The molecule has 0 spiro atoms. The fraction of sp³-hybridized carbons (Fsp3) is 0.0769. The maximum absolute atomic E-state index is 11.0. The van der Waals surface area contributed by atoms with Crippen molar-refractivity contribution in [1.82, 2.24) is 24.8 Å². The number of hydrogen-bond donors (Lipinski definition) is 1. The quantitative estimate of drug-likeness (QED) is 0.776. The minimum absolute atomic E-state index is 0.106. The van der Waals surface area contributed by atoms with Gasteiger partial charge in [0.25, 0.3) is 0 Å². The second-order valence-electron chi connectivity index (χ2n) is 4.23. The molecular weight excluding hydrogens is 258 g/mol. The molecule has 0 saturated heterocycles. The summed E-state index contributed by atoms with van der Waals surface area (Å²) in [4.78, 5) is 11.0. The molecule has 100 valence electrons. The van der Waals surface area contributed by atoms with E-state index in [0.717, 1.165) is 5.69 Å². The van der Waals surface area contributed by atoms with Crippen LogP contribution in [0.3, 0.4) is 0 Å². The zero-order chi connectivity index (χ0) is 14.1. The first-order valence-electron chi connectivity index (χ1n) is 5.90. The molecule has 0 bridgehead atoms. The lowest BCUT2D eigenvalue weighted by molar-refractivity contribution is 0.0685. The highest BCUT2D eigenvalue weighted by Crippen LogP contribution is 2.17. The molecule has 0 aliphatic heterocycles. The number of carboxylic acid groups (broad SMARTS) is 1. The molecule has 7 heteroatoms. The molecule has 0 aliphatic carbocycles. The van der Waals surface area contributed by atoms with Gasteiger partial charge < -0.3 is 5.11 Å². The Morgan fingerprint density at radius 2 is 1.95 bits per heavy atom. The van der Waals surface area contributed by atoms with Crippen LogP contribution in [-0.2, 0) is 7.05 Å². The first-order valence-corrected chi connectivity index (χ1v) is 5.90. The number of para-hydroxylation sites is 1. The summed E-state index contributed by atoms with van der Waals surface area (Å²) in [7, 11) is 1.58. The second kappa shape index (κ2) is 4.61. The van der Waals surface area contributed by atoms with E-state index >= 15 is 0 Å². The molecule has 2 aromatic heterocycles. The van der Waals surface area contributed by atoms with Gasteiger partial charge in [0.05, 0.1) is 11.9 Å². The van der Waals surface area contributed by atoms with Crippen molar-refractivity contribution in [2.24, 2.45) is 7.05 Å². The summed E-state index contributed by atoms with van der Waals surface area (Å²) >= 11 is 0. The minimum Gasteiger partial charge on any atom is -0.477 e. The zero-order valence-electron chi connectivity index (χ0n) is 10.6. The third-order valence-electron chi connectivity index (χ3n) is 2.88. The van der Waals surface area contributed by atoms with E-state index in [1.54, 1.807) is 17.9 Å². The van der Waals surface area contributed by atoms with E-state index in [1.165, 1.54) is 10.7 Å². The Kier molecular flexibility index (Phi) is 2.79. The van der Waals surface area contributed by atoms with E-state index < -0.39 is 5.97 Å². The van der Waals surface area contributed by atoms with Crippen LogP contribution in [-0.4, -0.2) is 35.9 Å². The highest BCUT2D eigenvalue weighted by molar-refractivity contribution is 5.87. The molecule has 2 heterocycles. The fourth-order valence-electron chi connectivity index (χ4n) is 1.88. The van der Waals surface area contributed by atoms with Gasteiger partial charge >= 0.3 is 5.97 Å². The molecule has 3 rings (SSSR count). The molecule has 0 fully saturated rings. The number of hydrogen-bond acceptors (Lipinski definition) is 4. The van der Waals surface area contributed by atoms with Crippen LogP contribution in [0.5, 0.6) is 0 Å². The van der Waals surface area contributed by atoms with Gasteiger partial charge in [-0.3, -0.25) is 4.68 Å². The first kappa shape index (κ1) is 12.1. The predicted molar refractivity (Wildman–Crippen MR) is 70.5 cm³/mol. The summed E-state index contributed by atoms with van der Waals surface area (Å²) in [6.45, 7) is 0. The number of rotatable bonds is 3. The van der Waals surface area contributed by atoms with Crippen LogP contribution in [0.25, 0.3) is 17.1 Å². The molecule has 20 heavy (non-hydrogen) atoms. The highest BCUT2D eigenvalue weighted by atomic mass is 16.4. The maximum atomic E-state index is 11.0. The van der Waals surface area contributed by atoms with Crippen molar-refractivity contribution < 1.29 is 9.90 Å². The smallest absolute Gasteiger partial charge is 0.354 e. The Balaban J connectivity index is 1.98. The summed E-state index contributed by atoms with van der Waals surface area (Å²) < 4.78 is 2.92. The Hall–Kier alpha value is -2.96. The molecule has 3 aromatic rings. The third-order valence-corrected chi connectivity index (χ3v) is 2.88. The van der Waals surface area contributed by atoms with Crippen molar-refractivity contribution in [3.63, 3.8) is 0 Å². The molecule has 7 nitrogen and oxygen atoms in total. The molecule has 0 saturated carbocycles. The highest BCUT2D eigenvalue weighted by Gasteiger charge is 2.15. The number of carboxylic acids is 1. The Morgan fingerprint density at radius 3 is 2.60 bits per heavy atom. The minimum atomic E-state index is -1.03. The molecule has 1 aromatic carbocycles. The normalized spacial score (nSPS) is 10.7. The molecule has 0 radical (unpaired) electrons. The number of aromatic carboxylic acids is 1. The van der Waals surface area contributed by atoms with Crippen molar-refractivity contribution in [3.8, 4) is 17.1 Å². The molecule has 0 atom stereocenters. The lowest BCUT2D eigenvalue weighted by Crippen LogP contribution is -2.04. The summed E-state index contributed by atoms with van der Waals surface area (Å²) in [6.07, 6.45) is 1.71. The van der Waals surface area contributed by atoms with E-state index in [-0.39, 0.29) is 5.69 Å². The number of nitrogens with zero attached hydrogens (tertiary/aromatic N) is 5. The number of aryl methyl sites for hydroxylation is 1. The summed E-state index contributed by atoms with van der Waals surface area (Å²) in [6, 6.07) is 11.0. The standard InChI is InChI=1S/C13H11N5O2/c1-17-12(13(19)20)7-10(15-17)11-8-18(16-14-11)9-5-3-2-4-6-9/h2-8H,1H3,(H,19,20). The Bertz CT molecular complexity index is 760. The predicted octanol–water partition coefficient (Wildman–Crippen LogP) is 1.37. The zero-order valence-corrected chi connectivity index (χ0v) is 10.6. The van der Waals surface area contributed by atoms with Crippen molar-refractivity contribution in [3.05, 3.63) is 48.3 Å². The van der Waals surface area contributed by atoms with Gasteiger partial charge in [0.1, 0.15) is 17.1 Å². The third kappa shape index (κ3) is 2.05. The maximum Gasteiger partial charge on any atom is 0.354 e. The van der Waals surface area contributed by atoms with Gasteiger partial charge in [-0.1, -0.05) is 23.4 Å². The molecule has 0 aliphatic rings. The van der Waals surface area contributed by atoms with Crippen molar-refractivity contribution in [2.75, 3.05) is 0 Å². The van der Waals surface area contributed by atoms with Crippen LogP contribution in [0, 0.1) is 0 Å². The van der Waals surface area contributed by atoms with E-state index in [4.69, 9.17) is 5.11 Å². The molecular formula is C13H11N5O2.